The first-order chi connectivity index (χ1) is 20.0. The summed E-state index contributed by atoms with van der Waals surface area (Å²) in [5.41, 5.74) is 7.46. The average molecular weight is 567 g/mol. The molecule has 0 atom stereocenters. The molecule has 4 aromatic rings. The first-order valence-electron chi connectivity index (χ1n) is 14.4. The lowest BCUT2D eigenvalue weighted by molar-refractivity contribution is 0.102. The van der Waals surface area contributed by atoms with Gasteiger partial charge in [-0.1, -0.05) is 69.3 Å². The van der Waals surface area contributed by atoms with E-state index in [1.807, 2.05) is 68.6 Å². The number of aliphatic hydroxyl groups is 1. The van der Waals surface area contributed by atoms with E-state index in [1.54, 1.807) is 17.8 Å². The summed E-state index contributed by atoms with van der Waals surface area (Å²) in [6, 6.07) is 21.7. The number of carbonyl (C=O) groups excluding carboxylic acids is 1. The zero-order valence-corrected chi connectivity index (χ0v) is 25.6. The Morgan fingerprint density at radius 3 is 2.29 bits per heavy atom. The van der Waals surface area contributed by atoms with Crippen LogP contribution in [0.1, 0.15) is 59.1 Å². The predicted molar refractivity (Wildman–Crippen MR) is 170 cm³/mol. The summed E-state index contributed by atoms with van der Waals surface area (Å²) in [5, 5.41) is 12.1. The molecule has 220 valence electrons. The van der Waals surface area contributed by atoms with Gasteiger partial charge in [0.1, 0.15) is 5.69 Å². The van der Waals surface area contributed by atoms with Gasteiger partial charge in [0.25, 0.3) is 11.5 Å². The van der Waals surface area contributed by atoms with Crippen molar-refractivity contribution >= 4 is 11.6 Å². The molecule has 1 aromatic heterocycles. The number of hydrogen-bond donors (Lipinski definition) is 2. The van der Waals surface area contributed by atoms with Gasteiger partial charge >= 0.3 is 0 Å². The fourth-order valence-corrected chi connectivity index (χ4v) is 4.90. The molecule has 1 heterocycles. The number of amides is 1. The highest BCUT2D eigenvalue weighted by molar-refractivity contribution is 6.05. The number of anilines is 1. The summed E-state index contributed by atoms with van der Waals surface area (Å²) in [5.74, 6) is -0.173. The molecule has 0 radical (unpaired) electrons. The number of likely N-dealkylation sites (N-methyl/N-ethyl adjacent to an activating group) is 1. The normalized spacial score (nSPS) is 11.6. The van der Waals surface area contributed by atoms with Crippen LogP contribution in [0.3, 0.4) is 0 Å². The van der Waals surface area contributed by atoms with Gasteiger partial charge in [-0.15, -0.1) is 0 Å². The Labute approximate surface area is 248 Å². The summed E-state index contributed by atoms with van der Waals surface area (Å²) in [4.78, 5) is 33.0. The number of aliphatic hydroxyl groups excluding tert-OH is 1. The number of carbonyl (C=O) groups is 1. The third-order valence-electron chi connectivity index (χ3n) is 7.67. The molecule has 0 fully saturated rings. The van der Waals surface area contributed by atoms with E-state index >= 15 is 0 Å². The van der Waals surface area contributed by atoms with Crippen LogP contribution in [-0.2, 0) is 25.3 Å². The van der Waals surface area contributed by atoms with Gasteiger partial charge in [-0.3, -0.25) is 9.59 Å². The number of aromatic nitrogens is 2. The van der Waals surface area contributed by atoms with Crippen molar-refractivity contribution in [1.82, 2.24) is 14.5 Å². The number of benzene rings is 3. The van der Waals surface area contributed by atoms with Crippen LogP contribution in [0.25, 0.3) is 11.3 Å². The van der Waals surface area contributed by atoms with E-state index in [0.29, 0.717) is 35.6 Å². The Morgan fingerprint density at radius 2 is 1.64 bits per heavy atom. The molecule has 2 N–H and O–H groups in total. The quantitative estimate of drug-likeness (QED) is 0.270. The van der Waals surface area contributed by atoms with E-state index in [1.165, 1.54) is 11.1 Å². The third kappa shape index (κ3) is 7.60. The molecule has 0 aliphatic rings. The smallest absolute Gasteiger partial charge is 0.272 e. The minimum atomic E-state index is -0.173. The van der Waals surface area contributed by atoms with Crippen LogP contribution in [0.5, 0.6) is 0 Å². The van der Waals surface area contributed by atoms with Gasteiger partial charge in [0.2, 0.25) is 0 Å². The molecule has 4 rings (SSSR count). The topological polar surface area (TPSA) is 87.5 Å². The van der Waals surface area contributed by atoms with Gasteiger partial charge in [0.05, 0.1) is 12.3 Å². The van der Waals surface area contributed by atoms with Crippen LogP contribution in [-0.4, -0.2) is 52.2 Å². The molecular weight excluding hydrogens is 524 g/mol. The van der Waals surface area contributed by atoms with Crippen LogP contribution in [0.4, 0.5) is 5.69 Å². The highest BCUT2D eigenvalue weighted by atomic mass is 16.3. The molecule has 0 saturated heterocycles. The van der Waals surface area contributed by atoms with E-state index in [-0.39, 0.29) is 23.5 Å². The van der Waals surface area contributed by atoms with Crippen LogP contribution < -0.4 is 10.9 Å². The Hall–Kier alpha value is -4.07. The Kier molecular flexibility index (Phi) is 9.76. The average Bonchev–Trinajstić information content (AvgIpc) is 2.96. The highest BCUT2D eigenvalue weighted by Crippen LogP contribution is 2.28. The maximum absolute atomic E-state index is 13.1. The van der Waals surface area contributed by atoms with Crippen molar-refractivity contribution in [2.75, 3.05) is 32.1 Å². The largest absolute Gasteiger partial charge is 0.395 e. The highest BCUT2D eigenvalue weighted by Gasteiger charge is 2.17. The second-order valence-electron chi connectivity index (χ2n) is 12.0. The number of nitrogens with zero attached hydrogens (tertiary/aromatic N) is 3. The molecule has 0 spiro atoms. The number of nitrogens with one attached hydrogen (secondary N) is 1. The van der Waals surface area contributed by atoms with Crippen LogP contribution in [0.15, 0.2) is 77.7 Å². The van der Waals surface area contributed by atoms with Gasteiger partial charge in [-0.2, -0.15) is 0 Å². The Bertz CT molecular complexity index is 1580. The molecule has 7 nitrogen and oxygen atoms in total. The van der Waals surface area contributed by atoms with E-state index in [9.17, 15) is 9.59 Å². The van der Waals surface area contributed by atoms with Crippen molar-refractivity contribution in [2.45, 2.75) is 46.0 Å². The zero-order chi connectivity index (χ0) is 30.4. The van der Waals surface area contributed by atoms with Crippen molar-refractivity contribution in [1.29, 1.82) is 0 Å². The Balaban J connectivity index is 1.53. The predicted octanol–water partition coefficient (Wildman–Crippen LogP) is 5.36. The Morgan fingerprint density at radius 1 is 0.976 bits per heavy atom. The molecular formula is C35H42N4O3. The fourth-order valence-electron chi connectivity index (χ4n) is 4.90. The van der Waals surface area contributed by atoms with Gasteiger partial charge < -0.3 is 19.9 Å². The van der Waals surface area contributed by atoms with Crippen molar-refractivity contribution < 1.29 is 9.90 Å². The number of hydrogen-bond acceptors (Lipinski definition) is 5. The van der Waals surface area contributed by atoms with E-state index in [2.05, 4.69) is 43.1 Å². The second kappa shape index (κ2) is 13.3. The van der Waals surface area contributed by atoms with Crippen LogP contribution in [0, 0.1) is 6.92 Å². The van der Waals surface area contributed by atoms with Gasteiger partial charge in [0, 0.05) is 49.6 Å². The second-order valence-corrected chi connectivity index (χ2v) is 12.0. The summed E-state index contributed by atoms with van der Waals surface area (Å²) in [6.45, 7) is 10.1. The van der Waals surface area contributed by atoms with Gasteiger partial charge in [0.15, 0.2) is 0 Å². The minimum Gasteiger partial charge on any atom is -0.395 e. The van der Waals surface area contributed by atoms with E-state index in [4.69, 9.17) is 10.1 Å². The number of aryl methyl sites for hydroxylation is 1. The van der Waals surface area contributed by atoms with Crippen LogP contribution >= 0.6 is 0 Å². The zero-order valence-electron chi connectivity index (χ0n) is 25.6. The summed E-state index contributed by atoms with van der Waals surface area (Å²) in [7, 11) is 3.74. The van der Waals surface area contributed by atoms with E-state index in [0.717, 1.165) is 29.7 Å². The summed E-state index contributed by atoms with van der Waals surface area (Å²) in [6.07, 6.45) is 3.06. The summed E-state index contributed by atoms with van der Waals surface area (Å²) < 4.78 is 1.57. The summed E-state index contributed by atoms with van der Waals surface area (Å²) >= 11 is 0. The molecule has 1 amide bonds. The lowest BCUT2D eigenvalue weighted by Gasteiger charge is -2.19. The molecule has 0 bridgehead atoms. The molecule has 0 saturated carbocycles. The molecule has 0 aliphatic carbocycles. The molecule has 7 heteroatoms. The number of rotatable bonds is 10. The molecule has 3 aromatic carbocycles. The van der Waals surface area contributed by atoms with Crippen LogP contribution in [0.2, 0.25) is 0 Å². The maximum atomic E-state index is 13.1. The fraction of sp³-hybridized carbons (Fsp3) is 0.343. The lowest BCUT2D eigenvalue weighted by Crippen LogP contribution is -2.24. The van der Waals surface area contributed by atoms with Gasteiger partial charge in [-0.25, -0.2) is 4.98 Å². The van der Waals surface area contributed by atoms with Gasteiger partial charge in [-0.05, 0) is 66.3 Å². The van der Waals surface area contributed by atoms with E-state index < -0.39 is 0 Å². The first kappa shape index (κ1) is 30.9. The molecule has 0 unspecified atom stereocenters. The SMILES string of the molecule is Cc1c(NC(=O)c2ccc(C(C)(C)C)cc2)cccc1-c1cn(C)c(=O)c(Cc2ccc(CCN(C)CCO)cc2)n1. The maximum Gasteiger partial charge on any atom is 0.272 e. The molecule has 42 heavy (non-hydrogen) atoms. The standard InChI is InChI=1S/C35H42N4O3/c1-24-29(8-7-9-30(24)37-33(41)27-14-16-28(17-15-27)35(2,3)4)32-23-39(6)34(42)31(36-32)22-26-12-10-25(11-13-26)18-19-38(5)20-21-40/h7-17,23,40H,18-22H2,1-6H3,(H,37,41). The lowest BCUT2D eigenvalue weighted by atomic mass is 9.86. The van der Waals surface area contributed by atoms with Crippen molar-refractivity contribution in [3.63, 3.8) is 0 Å². The van der Waals surface area contributed by atoms with Crippen molar-refractivity contribution in [2.24, 2.45) is 7.05 Å². The van der Waals surface area contributed by atoms with Crippen molar-refractivity contribution in [3.8, 4) is 11.3 Å². The third-order valence-corrected chi connectivity index (χ3v) is 7.67. The monoisotopic (exact) mass is 566 g/mol. The minimum absolute atomic E-state index is 0.0171. The molecule has 0 aliphatic heterocycles. The first-order valence-corrected chi connectivity index (χ1v) is 14.4. The van der Waals surface area contributed by atoms with Crippen molar-refractivity contribution in [3.05, 3.63) is 117 Å².